The second-order valence-corrected chi connectivity index (χ2v) is 5.73. The number of benzene rings is 1. The Balaban J connectivity index is 1.66. The van der Waals surface area contributed by atoms with Gasteiger partial charge >= 0.3 is 6.03 Å². The highest BCUT2D eigenvalue weighted by Crippen LogP contribution is 2.25. The van der Waals surface area contributed by atoms with Gasteiger partial charge in [0, 0.05) is 31.0 Å². The van der Waals surface area contributed by atoms with Crippen LogP contribution in [0.2, 0.25) is 0 Å². The molecule has 1 aromatic rings. The molecule has 2 aliphatic rings. The molecule has 0 aliphatic carbocycles. The number of hydrogen-bond donors (Lipinski definition) is 2. The number of hydrogen-bond acceptors (Lipinski definition) is 2. The summed E-state index contributed by atoms with van der Waals surface area (Å²) in [6.45, 7) is 2.79. The molecule has 4 heteroatoms. The zero-order valence-corrected chi connectivity index (χ0v) is 12.0. The molecule has 0 bridgehead atoms. The van der Waals surface area contributed by atoms with Gasteiger partial charge in [-0.2, -0.15) is 0 Å². The number of carbonyl (C=O) groups excluding carboxylic acids is 1. The summed E-state index contributed by atoms with van der Waals surface area (Å²) < 4.78 is 0. The third-order valence-corrected chi connectivity index (χ3v) is 4.19. The molecule has 0 aromatic heterocycles. The van der Waals surface area contributed by atoms with E-state index in [1.807, 2.05) is 11.0 Å². The van der Waals surface area contributed by atoms with Crippen LogP contribution in [0.25, 0.3) is 0 Å². The summed E-state index contributed by atoms with van der Waals surface area (Å²) in [6, 6.07) is 6.24. The van der Waals surface area contributed by atoms with E-state index in [0.717, 1.165) is 44.6 Å². The molecule has 108 valence electrons. The van der Waals surface area contributed by atoms with Crippen molar-refractivity contribution in [2.45, 2.75) is 38.5 Å². The summed E-state index contributed by atoms with van der Waals surface area (Å²) in [5.41, 5.74) is 3.42. The minimum Gasteiger partial charge on any atom is -0.385 e. The lowest BCUT2D eigenvalue weighted by Crippen LogP contribution is -2.35. The van der Waals surface area contributed by atoms with Crippen LogP contribution in [0.3, 0.4) is 0 Å². The Morgan fingerprint density at radius 1 is 1.10 bits per heavy atom. The van der Waals surface area contributed by atoms with E-state index in [1.165, 1.54) is 30.5 Å². The van der Waals surface area contributed by atoms with E-state index in [1.54, 1.807) is 0 Å². The summed E-state index contributed by atoms with van der Waals surface area (Å²) in [6.07, 6.45) is 7.05. The average Bonchev–Trinajstić information content (AvgIpc) is 2.76. The Bertz CT molecular complexity index is 479. The zero-order valence-electron chi connectivity index (χ0n) is 12.0. The van der Waals surface area contributed by atoms with Crippen LogP contribution >= 0.6 is 0 Å². The maximum Gasteiger partial charge on any atom is 0.321 e. The first-order valence-corrected chi connectivity index (χ1v) is 7.76. The first-order valence-electron chi connectivity index (χ1n) is 7.76. The summed E-state index contributed by atoms with van der Waals surface area (Å²) in [5.74, 6) is 0. The van der Waals surface area contributed by atoms with Crippen LogP contribution < -0.4 is 10.6 Å². The lowest BCUT2D eigenvalue weighted by molar-refractivity contribution is 0.214. The van der Waals surface area contributed by atoms with Crippen molar-refractivity contribution >= 4 is 17.4 Å². The average molecular weight is 273 g/mol. The number of nitrogens with one attached hydrogen (secondary N) is 2. The van der Waals surface area contributed by atoms with Crippen molar-refractivity contribution in [3.8, 4) is 0 Å². The van der Waals surface area contributed by atoms with Gasteiger partial charge in [0.1, 0.15) is 0 Å². The maximum absolute atomic E-state index is 12.3. The van der Waals surface area contributed by atoms with Gasteiger partial charge < -0.3 is 15.5 Å². The number of fused-ring (bicyclic) bond motifs is 1. The van der Waals surface area contributed by atoms with Crippen LogP contribution in [-0.2, 0) is 6.42 Å². The molecular formula is C16H23N3O. The number of likely N-dealkylation sites (tertiary alicyclic amines) is 1. The van der Waals surface area contributed by atoms with E-state index in [-0.39, 0.29) is 6.03 Å². The van der Waals surface area contributed by atoms with Crippen LogP contribution in [0.5, 0.6) is 0 Å². The van der Waals surface area contributed by atoms with Gasteiger partial charge in [-0.1, -0.05) is 18.9 Å². The summed E-state index contributed by atoms with van der Waals surface area (Å²) >= 11 is 0. The van der Waals surface area contributed by atoms with Crippen LogP contribution in [0.1, 0.15) is 37.7 Å². The molecule has 0 spiro atoms. The predicted molar refractivity (Wildman–Crippen MR) is 82.3 cm³/mol. The topological polar surface area (TPSA) is 44.4 Å². The second-order valence-electron chi connectivity index (χ2n) is 5.73. The number of rotatable bonds is 1. The van der Waals surface area contributed by atoms with E-state index in [9.17, 15) is 4.79 Å². The minimum absolute atomic E-state index is 0.0441. The fourth-order valence-corrected chi connectivity index (χ4v) is 3.01. The highest BCUT2D eigenvalue weighted by atomic mass is 16.2. The van der Waals surface area contributed by atoms with E-state index in [0.29, 0.717) is 0 Å². The lowest BCUT2D eigenvalue weighted by Gasteiger charge is -2.22. The fourth-order valence-electron chi connectivity index (χ4n) is 3.01. The number of amides is 2. The Labute approximate surface area is 120 Å². The van der Waals surface area contributed by atoms with Gasteiger partial charge in [-0.15, -0.1) is 0 Å². The molecule has 2 N–H and O–H groups in total. The Morgan fingerprint density at radius 2 is 1.90 bits per heavy atom. The number of carbonyl (C=O) groups is 1. The van der Waals surface area contributed by atoms with Gasteiger partial charge in [-0.25, -0.2) is 4.79 Å². The molecule has 2 aliphatic heterocycles. The van der Waals surface area contributed by atoms with Gasteiger partial charge in [0.25, 0.3) is 0 Å². The standard InChI is InChI=1S/C16H23N3O/c20-16(19-10-3-1-2-4-11-19)18-14-8-7-13-6-5-9-17-15(13)12-14/h7-8,12,17H,1-6,9-11H2,(H,18,20). The van der Waals surface area contributed by atoms with Crippen molar-refractivity contribution in [3.05, 3.63) is 23.8 Å². The highest BCUT2D eigenvalue weighted by Gasteiger charge is 2.16. The van der Waals surface area contributed by atoms with E-state index < -0.39 is 0 Å². The molecule has 0 radical (unpaired) electrons. The Hall–Kier alpha value is -1.71. The van der Waals surface area contributed by atoms with Crippen LogP contribution in [0, 0.1) is 0 Å². The molecule has 2 heterocycles. The summed E-state index contributed by atoms with van der Waals surface area (Å²) in [4.78, 5) is 14.2. The smallest absolute Gasteiger partial charge is 0.321 e. The van der Waals surface area contributed by atoms with Gasteiger partial charge in [-0.3, -0.25) is 0 Å². The van der Waals surface area contributed by atoms with Crippen LogP contribution in [0.4, 0.5) is 16.2 Å². The summed E-state index contributed by atoms with van der Waals surface area (Å²) in [5, 5.41) is 6.44. The normalized spacial score (nSPS) is 18.7. The van der Waals surface area contributed by atoms with Crippen molar-refractivity contribution < 1.29 is 4.79 Å². The molecule has 3 rings (SSSR count). The minimum atomic E-state index is 0.0441. The van der Waals surface area contributed by atoms with Gasteiger partial charge in [-0.05, 0) is 43.4 Å². The molecule has 0 saturated carbocycles. The third-order valence-electron chi connectivity index (χ3n) is 4.19. The predicted octanol–water partition coefficient (Wildman–Crippen LogP) is 3.45. The monoisotopic (exact) mass is 273 g/mol. The number of nitrogens with zero attached hydrogens (tertiary/aromatic N) is 1. The van der Waals surface area contributed by atoms with E-state index >= 15 is 0 Å². The largest absolute Gasteiger partial charge is 0.385 e. The van der Waals surface area contributed by atoms with Gasteiger partial charge in [0.2, 0.25) is 0 Å². The first kappa shape index (κ1) is 13.3. The van der Waals surface area contributed by atoms with Crippen LogP contribution in [0.15, 0.2) is 18.2 Å². The quantitative estimate of drug-likeness (QED) is 0.823. The lowest BCUT2D eigenvalue weighted by atomic mass is 10.0. The number of aryl methyl sites for hydroxylation is 1. The molecular weight excluding hydrogens is 250 g/mol. The van der Waals surface area contributed by atoms with Crippen molar-refractivity contribution in [1.29, 1.82) is 0 Å². The fraction of sp³-hybridized carbons (Fsp3) is 0.562. The molecule has 1 aromatic carbocycles. The first-order chi connectivity index (χ1) is 9.83. The third kappa shape index (κ3) is 3.06. The number of anilines is 2. The van der Waals surface area contributed by atoms with E-state index in [4.69, 9.17) is 0 Å². The molecule has 2 amide bonds. The van der Waals surface area contributed by atoms with Crippen LogP contribution in [-0.4, -0.2) is 30.6 Å². The second kappa shape index (κ2) is 6.16. The highest BCUT2D eigenvalue weighted by molar-refractivity contribution is 5.90. The van der Waals surface area contributed by atoms with Crippen molar-refractivity contribution in [2.75, 3.05) is 30.3 Å². The Morgan fingerprint density at radius 3 is 2.70 bits per heavy atom. The molecule has 0 unspecified atom stereocenters. The van der Waals surface area contributed by atoms with Gasteiger partial charge in [0.15, 0.2) is 0 Å². The van der Waals surface area contributed by atoms with Gasteiger partial charge in [0.05, 0.1) is 0 Å². The SMILES string of the molecule is O=C(Nc1ccc2c(c1)NCCC2)N1CCCCCC1. The van der Waals surface area contributed by atoms with E-state index in [2.05, 4.69) is 22.8 Å². The molecule has 1 saturated heterocycles. The summed E-state index contributed by atoms with van der Waals surface area (Å²) in [7, 11) is 0. The van der Waals surface area contributed by atoms with Crippen molar-refractivity contribution in [1.82, 2.24) is 4.90 Å². The molecule has 0 atom stereocenters. The Kier molecular flexibility index (Phi) is 4.09. The molecule has 20 heavy (non-hydrogen) atoms. The van der Waals surface area contributed by atoms with Crippen molar-refractivity contribution in [3.63, 3.8) is 0 Å². The number of urea groups is 1. The zero-order chi connectivity index (χ0) is 13.8. The molecule has 1 fully saturated rings. The maximum atomic E-state index is 12.3. The van der Waals surface area contributed by atoms with Crippen molar-refractivity contribution in [2.24, 2.45) is 0 Å². The molecule has 4 nitrogen and oxygen atoms in total.